The fourth-order valence-electron chi connectivity index (χ4n) is 2.66. The highest BCUT2D eigenvalue weighted by atomic mass is 19.1. The summed E-state index contributed by atoms with van der Waals surface area (Å²) in [5, 5.41) is 1.13. The van der Waals surface area contributed by atoms with Gasteiger partial charge >= 0.3 is 0 Å². The van der Waals surface area contributed by atoms with Crippen LogP contribution in [0.5, 0.6) is 0 Å². The molecule has 0 aliphatic heterocycles. The molecule has 0 saturated carbocycles. The lowest BCUT2D eigenvalue weighted by Crippen LogP contribution is -1.91. The molecule has 0 saturated heterocycles. The second-order valence-electron chi connectivity index (χ2n) is 5.15. The molecular formula is C19H13FN2. The molecule has 106 valence electrons. The standard InChI is InChI=1S/C19H13FN2/c20-16-5-7-17(8-6-16)22-12-10-15-13-14(4-9-19(15)22)18-3-1-2-11-21-18/h1-13H. The lowest BCUT2D eigenvalue weighted by molar-refractivity contribution is 0.627. The third-order valence-corrected chi connectivity index (χ3v) is 3.76. The van der Waals surface area contributed by atoms with Crippen molar-refractivity contribution in [2.24, 2.45) is 0 Å². The molecular weight excluding hydrogens is 275 g/mol. The van der Waals surface area contributed by atoms with Crippen LogP contribution in [-0.4, -0.2) is 9.55 Å². The van der Waals surface area contributed by atoms with E-state index in [9.17, 15) is 4.39 Å². The number of nitrogens with zero attached hydrogens (tertiary/aromatic N) is 2. The number of hydrogen-bond donors (Lipinski definition) is 0. The SMILES string of the molecule is Fc1ccc(-n2ccc3cc(-c4ccccn4)ccc32)cc1. The number of hydrogen-bond acceptors (Lipinski definition) is 1. The zero-order chi connectivity index (χ0) is 14.9. The van der Waals surface area contributed by atoms with Crippen molar-refractivity contribution in [3.8, 4) is 16.9 Å². The average Bonchev–Trinajstić information content (AvgIpc) is 2.99. The Morgan fingerprint density at radius 3 is 2.50 bits per heavy atom. The molecule has 0 atom stereocenters. The van der Waals surface area contributed by atoms with E-state index in [-0.39, 0.29) is 5.82 Å². The van der Waals surface area contributed by atoms with Crippen LogP contribution in [0.15, 0.2) is 79.1 Å². The fraction of sp³-hybridized carbons (Fsp3) is 0. The maximum Gasteiger partial charge on any atom is 0.123 e. The first kappa shape index (κ1) is 12.8. The van der Waals surface area contributed by atoms with Gasteiger partial charge in [0.15, 0.2) is 0 Å². The Bertz CT molecular complexity index is 925. The van der Waals surface area contributed by atoms with Gasteiger partial charge in [-0.25, -0.2) is 4.39 Å². The third kappa shape index (κ3) is 2.17. The van der Waals surface area contributed by atoms with Crippen molar-refractivity contribution in [2.45, 2.75) is 0 Å². The zero-order valence-corrected chi connectivity index (χ0v) is 11.8. The van der Waals surface area contributed by atoms with Crippen LogP contribution in [-0.2, 0) is 0 Å². The van der Waals surface area contributed by atoms with Gasteiger partial charge in [0.05, 0.1) is 11.2 Å². The first-order valence-electron chi connectivity index (χ1n) is 7.10. The molecule has 0 fully saturated rings. The van der Waals surface area contributed by atoms with E-state index in [1.165, 1.54) is 12.1 Å². The monoisotopic (exact) mass is 288 g/mol. The molecule has 22 heavy (non-hydrogen) atoms. The van der Waals surface area contributed by atoms with Crippen LogP contribution in [0.1, 0.15) is 0 Å². The largest absolute Gasteiger partial charge is 0.317 e. The molecule has 0 aliphatic carbocycles. The molecule has 2 aromatic heterocycles. The summed E-state index contributed by atoms with van der Waals surface area (Å²) in [6.07, 6.45) is 3.79. The van der Waals surface area contributed by atoms with E-state index in [2.05, 4.69) is 33.8 Å². The van der Waals surface area contributed by atoms with Gasteiger partial charge in [0.1, 0.15) is 5.82 Å². The number of benzene rings is 2. The summed E-state index contributed by atoms with van der Waals surface area (Å²) in [4.78, 5) is 4.38. The molecule has 2 nitrogen and oxygen atoms in total. The number of halogens is 1. The maximum absolute atomic E-state index is 13.1. The van der Waals surface area contributed by atoms with Crippen LogP contribution in [0.25, 0.3) is 27.8 Å². The lowest BCUT2D eigenvalue weighted by atomic mass is 10.1. The Morgan fingerprint density at radius 2 is 1.73 bits per heavy atom. The molecule has 4 aromatic rings. The molecule has 0 N–H and O–H groups in total. The van der Waals surface area contributed by atoms with Crippen molar-refractivity contribution < 1.29 is 4.39 Å². The van der Waals surface area contributed by atoms with E-state index in [1.807, 2.05) is 24.4 Å². The molecule has 0 aliphatic rings. The van der Waals surface area contributed by atoms with Gasteiger partial charge in [0.25, 0.3) is 0 Å². The van der Waals surface area contributed by atoms with Crippen molar-refractivity contribution >= 4 is 10.9 Å². The Labute approximate surface area is 127 Å². The molecule has 0 radical (unpaired) electrons. The predicted octanol–water partition coefficient (Wildman–Crippen LogP) is 4.83. The molecule has 0 unspecified atom stereocenters. The number of fused-ring (bicyclic) bond motifs is 1. The minimum absolute atomic E-state index is 0.224. The highest BCUT2D eigenvalue weighted by molar-refractivity contribution is 5.86. The summed E-state index contributed by atoms with van der Waals surface area (Å²) < 4.78 is 15.1. The van der Waals surface area contributed by atoms with Crippen LogP contribution < -0.4 is 0 Å². The van der Waals surface area contributed by atoms with Gasteiger partial charge in [0, 0.05) is 29.0 Å². The van der Waals surface area contributed by atoms with Crippen molar-refractivity contribution in [2.75, 3.05) is 0 Å². The molecule has 3 heteroatoms. The van der Waals surface area contributed by atoms with Gasteiger partial charge < -0.3 is 4.57 Å². The van der Waals surface area contributed by atoms with Crippen LogP contribution in [0.2, 0.25) is 0 Å². The Hall–Kier alpha value is -2.94. The zero-order valence-electron chi connectivity index (χ0n) is 11.8. The van der Waals surface area contributed by atoms with Crippen molar-refractivity contribution in [3.05, 3.63) is 84.9 Å². The van der Waals surface area contributed by atoms with Crippen LogP contribution in [0, 0.1) is 5.82 Å². The van der Waals surface area contributed by atoms with Gasteiger partial charge in [-0.05, 0) is 54.6 Å². The molecule has 0 spiro atoms. The third-order valence-electron chi connectivity index (χ3n) is 3.76. The molecule has 2 aromatic carbocycles. The summed E-state index contributed by atoms with van der Waals surface area (Å²) >= 11 is 0. The van der Waals surface area contributed by atoms with Crippen molar-refractivity contribution in [1.29, 1.82) is 0 Å². The Kier molecular flexibility index (Phi) is 2.97. The van der Waals surface area contributed by atoms with Crippen LogP contribution in [0.4, 0.5) is 4.39 Å². The first-order chi connectivity index (χ1) is 10.8. The molecule has 0 bridgehead atoms. The van der Waals surface area contributed by atoms with Gasteiger partial charge in [-0.15, -0.1) is 0 Å². The minimum Gasteiger partial charge on any atom is -0.317 e. The second-order valence-corrected chi connectivity index (χ2v) is 5.15. The second kappa shape index (κ2) is 5.11. The minimum atomic E-state index is -0.224. The lowest BCUT2D eigenvalue weighted by Gasteiger charge is -2.06. The summed E-state index contributed by atoms with van der Waals surface area (Å²) in [5.41, 5.74) is 4.08. The summed E-state index contributed by atoms with van der Waals surface area (Å²) in [5.74, 6) is -0.224. The molecule has 2 heterocycles. The highest BCUT2D eigenvalue weighted by Gasteiger charge is 2.06. The van der Waals surface area contributed by atoms with Gasteiger partial charge in [0.2, 0.25) is 0 Å². The van der Waals surface area contributed by atoms with E-state index < -0.39 is 0 Å². The smallest absolute Gasteiger partial charge is 0.123 e. The van der Waals surface area contributed by atoms with Gasteiger partial charge in [-0.3, -0.25) is 4.98 Å². The highest BCUT2D eigenvalue weighted by Crippen LogP contribution is 2.26. The van der Waals surface area contributed by atoms with Crippen LogP contribution >= 0.6 is 0 Å². The quantitative estimate of drug-likeness (QED) is 0.516. The fourth-order valence-corrected chi connectivity index (χ4v) is 2.66. The van der Waals surface area contributed by atoms with Crippen molar-refractivity contribution in [3.63, 3.8) is 0 Å². The van der Waals surface area contributed by atoms with Gasteiger partial charge in [-0.2, -0.15) is 0 Å². The number of pyridine rings is 1. The van der Waals surface area contributed by atoms with E-state index in [1.54, 1.807) is 18.3 Å². The summed E-state index contributed by atoms with van der Waals surface area (Å²) in [6, 6.07) is 20.7. The van der Waals surface area contributed by atoms with E-state index in [0.29, 0.717) is 0 Å². The average molecular weight is 288 g/mol. The summed E-state index contributed by atoms with van der Waals surface area (Å²) in [7, 11) is 0. The van der Waals surface area contributed by atoms with Crippen molar-refractivity contribution in [1.82, 2.24) is 9.55 Å². The molecule has 0 amide bonds. The first-order valence-corrected chi connectivity index (χ1v) is 7.10. The van der Waals surface area contributed by atoms with E-state index in [0.717, 1.165) is 27.8 Å². The Morgan fingerprint density at radius 1 is 0.864 bits per heavy atom. The van der Waals surface area contributed by atoms with E-state index in [4.69, 9.17) is 0 Å². The van der Waals surface area contributed by atoms with Gasteiger partial charge in [-0.1, -0.05) is 12.1 Å². The number of aromatic nitrogens is 2. The Balaban J connectivity index is 1.82. The van der Waals surface area contributed by atoms with E-state index >= 15 is 0 Å². The van der Waals surface area contributed by atoms with Crippen LogP contribution in [0.3, 0.4) is 0 Å². The maximum atomic E-state index is 13.1. The topological polar surface area (TPSA) is 17.8 Å². The predicted molar refractivity (Wildman–Crippen MR) is 86.5 cm³/mol. The normalized spacial score (nSPS) is 11.0. The summed E-state index contributed by atoms with van der Waals surface area (Å²) in [6.45, 7) is 0. The molecule has 4 rings (SSSR count). The number of rotatable bonds is 2.